The fourth-order valence-electron chi connectivity index (χ4n) is 4.12. The zero-order valence-electron chi connectivity index (χ0n) is 17.4. The van der Waals surface area contributed by atoms with Crippen LogP contribution >= 0.6 is 11.9 Å². The van der Waals surface area contributed by atoms with E-state index in [4.69, 9.17) is 4.74 Å². The standard InChI is InChI=1S/C25H28N2O2S/c1-30-26-25(28)18-27-17-20(21-12-5-6-14-23(21)27)11-8-16-29-24-15-7-3-10-19-9-2-4-13-22(19)24/h2-4,9-10,12-15,17H,5-8,11,16,18H2,1H3,(H,26,28). The molecule has 4 rings (SSSR count). The van der Waals surface area contributed by atoms with E-state index >= 15 is 0 Å². The molecule has 0 unspecified atom stereocenters. The molecule has 1 aromatic carbocycles. The van der Waals surface area contributed by atoms with Gasteiger partial charge in [0.1, 0.15) is 12.3 Å². The maximum absolute atomic E-state index is 12.1. The summed E-state index contributed by atoms with van der Waals surface area (Å²) in [6.07, 6.45) is 19.9. The molecule has 2 aliphatic rings. The van der Waals surface area contributed by atoms with Crippen LogP contribution in [0, 0.1) is 0 Å². The van der Waals surface area contributed by atoms with Gasteiger partial charge in [0.2, 0.25) is 5.91 Å². The van der Waals surface area contributed by atoms with E-state index in [9.17, 15) is 4.79 Å². The lowest BCUT2D eigenvalue weighted by atomic mass is 10.1. The van der Waals surface area contributed by atoms with Gasteiger partial charge in [-0.15, -0.1) is 0 Å². The third kappa shape index (κ3) is 4.73. The number of rotatable bonds is 8. The van der Waals surface area contributed by atoms with Crippen LogP contribution in [0.2, 0.25) is 0 Å². The van der Waals surface area contributed by atoms with Crippen LogP contribution in [0.4, 0.5) is 0 Å². The van der Waals surface area contributed by atoms with E-state index in [1.165, 1.54) is 33.6 Å². The molecule has 30 heavy (non-hydrogen) atoms. The van der Waals surface area contributed by atoms with Crippen molar-refractivity contribution in [2.45, 2.75) is 38.6 Å². The van der Waals surface area contributed by atoms with E-state index in [-0.39, 0.29) is 5.91 Å². The maximum Gasteiger partial charge on any atom is 0.249 e. The molecule has 5 heteroatoms. The van der Waals surface area contributed by atoms with E-state index in [1.807, 2.05) is 6.26 Å². The van der Waals surface area contributed by atoms with Crippen molar-refractivity contribution in [1.82, 2.24) is 9.29 Å². The highest BCUT2D eigenvalue weighted by Gasteiger charge is 2.12. The van der Waals surface area contributed by atoms with Crippen LogP contribution < -0.4 is 15.3 Å². The Labute approximate surface area is 182 Å². The second-order valence-electron chi connectivity index (χ2n) is 7.54. The highest BCUT2D eigenvalue weighted by molar-refractivity contribution is 7.97. The average molecular weight is 421 g/mol. The Hall–Kier alpha value is -2.66. The minimum Gasteiger partial charge on any atom is -0.493 e. The number of hydrogen-bond donors (Lipinski definition) is 1. The number of aromatic nitrogens is 1. The third-order valence-electron chi connectivity index (χ3n) is 5.44. The first-order chi connectivity index (χ1) is 14.8. The zero-order chi connectivity index (χ0) is 20.8. The molecule has 1 aromatic heterocycles. The van der Waals surface area contributed by atoms with Crippen molar-refractivity contribution in [2.24, 2.45) is 0 Å². The van der Waals surface area contributed by atoms with Crippen LogP contribution in [-0.4, -0.2) is 23.3 Å². The molecule has 156 valence electrons. The number of carbonyl (C=O) groups excluding carboxylic acids is 1. The molecule has 2 aliphatic carbocycles. The smallest absolute Gasteiger partial charge is 0.249 e. The molecule has 0 saturated heterocycles. The molecular formula is C25H28N2O2S. The summed E-state index contributed by atoms with van der Waals surface area (Å²) in [5, 5.41) is 2.47. The van der Waals surface area contributed by atoms with Gasteiger partial charge < -0.3 is 9.30 Å². The van der Waals surface area contributed by atoms with Crippen LogP contribution in [0.1, 0.15) is 42.4 Å². The van der Waals surface area contributed by atoms with Crippen molar-refractivity contribution in [1.29, 1.82) is 0 Å². The molecular weight excluding hydrogens is 392 g/mol. The van der Waals surface area contributed by atoms with Crippen molar-refractivity contribution >= 4 is 41.8 Å². The first-order valence-electron chi connectivity index (χ1n) is 10.6. The summed E-state index contributed by atoms with van der Waals surface area (Å²) in [5.74, 6) is 1.01. The molecule has 0 aliphatic heterocycles. The normalized spacial score (nSPS) is 14.5. The fraction of sp³-hybridized carbons (Fsp3) is 0.320. The van der Waals surface area contributed by atoms with Gasteiger partial charge in [-0.1, -0.05) is 60.5 Å². The number of nitrogens with one attached hydrogen (secondary N) is 1. The van der Waals surface area contributed by atoms with Gasteiger partial charge in [0, 0.05) is 23.4 Å². The molecule has 0 spiro atoms. The summed E-state index contributed by atoms with van der Waals surface area (Å²) in [5.41, 5.74) is 3.68. The van der Waals surface area contributed by atoms with Gasteiger partial charge in [0.05, 0.1) is 6.61 Å². The van der Waals surface area contributed by atoms with Gasteiger partial charge in [-0.3, -0.25) is 9.52 Å². The second-order valence-corrected chi connectivity index (χ2v) is 8.15. The van der Waals surface area contributed by atoms with E-state index < -0.39 is 0 Å². The van der Waals surface area contributed by atoms with Crippen molar-refractivity contribution < 1.29 is 9.53 Å². The Bertz CT molecular complexity index is 1090. The molecule has 1 amide bonds. The van der Waals surface area contributed by atoms with Gasteiger partial charge in [-0.05, 0) is 54.5 Å². The van der Waals surface area contributed by atoms with Crippen LogP contribution in [0.25, 0.3) is 24.0 Å². The number of ether oxygens (including phenoxy) is 1. The summed E-state index contributed by atoms with van der Waals surface area (Å²) in [4.78, 5) is 12.1. The Morgan fingerprint density at radius 3 is 2.97 bits per heavy atom. The highest BCUT2D eigenvalue weighted by Crippen LogP contribution is 2.25. The maximum atomic E-state index is 12.1. The van der Waals surface area contributed by atoms with Crippen LogP contribution in [0.5, 0.6) is 0 Å². The predicted molar refractivity (Wildman–Crippen MR) is 126 cm³/mol. The number of carbonyl (C=O) groups is 1. The molecule has 0 fully saturated rings. The summed E-state index contributed by atoms with van der Waals surface area (Å²) in [6.45, 7) is 1.04. The topological polar surface area (TPSA) is 43.3 Å². The Morgan fingerprint density at radius 2 is 2.07 bits per heavy atom. The molecule has 0 radical (unpaired) electrons. The van der Waals surface area contributed by atoms with E-state index in [0.29, 0.717) is 13.2 Å². The van der Waals surface area contributed by atoms with Crippen LogP contribution in [0.15, 0.2) is 42.6 Å². The van der Waals surface area contributed by atoms with Gasteiger partial charge >= 0.3 is 0 Å². The fourth-order valence-corrected chi connectivity index (χ4v) is 4.41. The van der Waals surface area contributed by atoms with E-state index in [0.717, 1.165) is 43.4 Å². The molecule has 1 heterocycles. The number of nitrogens with zero attached hydrogens (tertiary/aromatic N) is 1. The lowest BCUT2D eigenvalue weighted by Gasteiger charge is -2.12. The van der Waals surface area contributed by atoms with Gasteiger partial charge in [-0.25, -0.2) is 0 Å². The van der Waals surface area contributed by atoms with Crippen molar-refractivity contribution in [2.75, 3.05) is 12.9 Å². The third-order valence-corrected chi connectivity index (χ3v) is 5.87. The van der Waals surface area contributed by atoms with Crippen molar-refractivity contribution in [3.63, 3.8) is 0 Å². The van der Waals surface area contributed by atoms with Gasteiger partial charge in [0.15, 0.2) is 0 Å². The summed E-state index contributed by atoms with van der Waals surface area (Å²) < 4.78 is 11.1. The monoisotopic (exact) mass is 420 g/mol. The number of hydrogen-bond acceptors (Lipinski definition) is 3. The predicted octanol–water partition coefficient (Wildman–Crippen LogP) is 3.64. The Kier molecular flexibility index (Phi) is 6.80. The van der Waals surface area contributed by atoms with Crippen molar-refractivity contribution in [3.8, 4) is 0 Å². The van der Waals surface area contributed by atoms with Crippen LogP contribution in [-0.2, 0) is 22.5 Å². The summed E-state index contributed by atoms with van der Waals surface area (Å²) in [7, 11) is 0. The van der Waals surface area contributed by atoms with Gasteiger partial charge in [0.25, 0.3) is 0 Å². The molecule has 0 atom stereocenters. The average Bonchev–Trinajstić information content (AvgIpc) is 2.96. The van der Waals surface area contributed by atoms with Crippen LogP contribution in [0.3, 0.4) is 0 Å². The number of benzene rings is 1. The molecule has 2 aromatic rings. The summed E-state index contributed by atoms with van der Waals surface area (Å²) >= 11 is 1.34. The zero-order valence-corrected chi connectivity index (χ0v) is 18.2. The van der Waals surface area contributed by atoms with E-state index in [1.54, 1.807) is 0 Å². The van der Waals surface area contributed by atoms with Gasteiger partial charge in [-0.2, -0.15) is 0 Å². The number of aryl methyl sites for hydroxylation is 1. The number of allylic oxidation sites excluding steroid dienone is 2. The molecule has 4 nitrogen and oxygen atoms in total. The number of amides is 1. The minimum atomic E-state index is 0.0294. The minimum absolute atomic E-state index is 0.0294. The Balaban J connectivity index is 1.41. The van der Waals surface area contributed by atoms with Crippen molar-refractivity contribution in [3.05, 3.63) is 69.9 Å². The lowest BCUT2D eigenvalue weighted by molar-refractivity contribution is -0.119. The number of fused-ring (bicyclic) bond motifs is 2. The first-order valence-corrected chi connectivity index (χ1v) is 11.8. The van der Waals surface area contributed by atoms with E-state index in [2.05, 4.69) is 70.1 Å². The quantitative estimate of drug-likeness (QED) is 0.524. The largest absolute Gasteiger partial charge is 0.493 e. The summed E-state index contributed by atoms with van der Waals surface area (Å²) in [6, 6.07) is 8.37. The second kappa shape index (κ2) is 9.90. The molecule has 0 bridgehead atoms. The molecule has 1 N–H and O–H groups in total. The Morgan fingerprint density at radius 1 is 1.20 bits per heavy atom. The first kappa shape index (κ1) is 20.6. The lowest BCUT2D eigenvalue weighted by Crippen LogP contribution is -2.35. The SMILES string of the molecule is CSNC(=O)Cn1cc(CCCOC2=CCC=Cc3ccccc32)c2c1=CCCC=2. The molecule has 0 saturated carbocycles. The highest BCUT2D eigenvalue weighted by atomic mass is 32.2.